The minimum absolute atomic E-state index is 0.159. The molecule has 0 aliphatic carbocycles. The molecule has 1 aromatic heterocycles. The van der Waals surface area contributed by atoms with Crippen LogP contribution >= 0.6 is 0 Å². The fraction of sp³-hybridized carbons (Fsp3) is 0.391. The van der Waals surface area contributed by atoms with Gasteiger partial charge in [-0.2, -0.15) is 0 Å². The highest BCUT2D eigenvalue weighted by Crippen LogP contribution is 2.24. The molecule has 1 saturated heterocycles. The molecule has 6 heteroatoms. The van der Waals surface area contributed by atoms with E-state index >= 15 is 0 Å². The van der Waals surface area contributed by atoms with Gasteiger partial charge in [0.15, 0.2) is 5.58 Å². The standard InChI is InChI=1S/C23H27N3O3/c1-17-7-5-9-19(18(17)2)24-13-15-25(16-14-24)22(27)11-6-12-26-20-8-3-4-10-21(20)29-23(26)28/h3-5,7-10H,6,11-16H2,1-2H3. The maximum atomic E-state index is 12.6. The third-order valence-electron chi connectivity index (χ3n) is 5.90. The molecular weight excluding hydrogens is 366 g/mol. The molecule has 0 N–H and O–H groups in total. The number of aryl methyl sites for hydroxylation is 2. The van der Waals surface area contributed by atoms with E-state index < -0.39 is 0 Å². The Hall–Kier alpha value is -3.02. The molecule has 2 heterocycles. The molecule has 3 aromatic rings. The van der Waals surface area contributed by atoms with Gasteiger partial charge in [-0.25, -0.2) is 4.79 Å². The molecule has 1 aliphatic heterocycles. The van der Waals surface area contributed by atoms with E-state index in [9.17, 15) is 9.59 Å². The topological polar surface area (TPSA) is 58.7 Å². The summed E-state index contributed by atoms with van der Waals surface area (Å²) in [7, 11) is 0. The minimum Gasteiger partial charge on any atom is -0.408 e. The maximum Gasteiger partial charge on any atom is 0.419 e. The van der Waals surface area contributed by atoms with E-state index in [0.29, 0.717) is 25.0 Å². The Kier molecular flexibility index (Phi) is 5.43. The Balaban J connectivity index is 1.31. The first-order valence-electron chi connectivity index (χ1n) is 10.2. The predicted octanol–water partition coefficient (Wildman–Crippen LogP) is 3.34. The van der Waals surface area contributed by atoms with Gasteiger partial charge in [0, 0.05) is 44.8 Å². The van der Waals surface area contributed by atoms with Gasteiger partial charge >= 0.3 is 5.76 Å². The van der Waals surface area contributed by atoms with Crippen LogP contribution in [-0.4, -0.2) is 41.6 Å². The minimum atomic E-state index is -0.360. The molecule has 29 heavy (non-hydrogen) atoms. The van der Waals surface area contributed by atoms with Crippen molar-refractivity contribution in [2.75, 3.05) is 31.1 Å². The highest BCUT2D eigenvalue weighted by atomic mass is 16.4. The number of hydrogen-bond acceptors (Lipinski definition) is 4. The molecule has 0 spiro atoms. The zero-order valence-electron chi connectivity index (χ0n) is 17.1. The van der Waals surface area contributed by atoms with E-state index in [0.717, 1.165) is 31.7 Å². The average Bonchev–Trinajstić information content (AvgIpc) is 3.05. The lowest BCUT2D eigenvalue weighted by Crippen LogP contribution is -2.49. The number of rotatable bonds is 5. The maximum absolute atomic E-state index is 12.6. The molecule has 0 unspecified atom stereocenters. The number of para-hydroxylation sites is 2. The van der Waals surface area contributed by atoms with Gasteiger partial charge < -0.3 is 14.2 Å². The highest BCUT2D eigenvalue weighted by molar-refractivity contribution is 5.76. The van der Waals surface area contributed by atoms with E-state index in [1.54, 1.807) is 10.6 Å². The number of aromatic nitrogens is 1. The molecule has 4 rings (SSSR count). The van der Waals surface area contributed by atoms with E-state index in [1.807, 2.05) is 23.1 Å². The van der Waals surface area contributed by atoms with Crippen molar-refractivity contribution >= 4 is 22.7 Å². The molecule has 0 atom stereocenters. The van der Waals surface area contributed by atoms with Gasteiger partial charge in [-0.1, -0.05) is 24.3 Å². The van der Waals surface area contributed by atoms with Crippen LogP contribution in [0.1, 0.15) is 24.0 Å². The van der Waals surface area contributed by atoms with E-state index in [1.165, 1.54) is 16.8 Å². The van der Waals surface area contributed by atoms with E-state index in [4.69, 9.17) is 4.42 Å². The second-order valence-corrected chi connectivity index (χ2v) is 7.68. The Morgan fingerprint density at radius 1 is 1.00 bits per heavy atom. The van der Waals surface area contributed by atoms with Crippen LogP contribution in [0.4, 0.5) is 5.69 Å². The second kappa shape index (κ2) is 8.15. The second-order valence-electron chi connectivity index (χ2n) is 7.68. The van der Waals surface area contributed by atoms with Crippen LogP contribution in [0.2, 0.25) is 0 Å². The van der Waals surface area contributed by atoms with Gasteiger partial charge in [-0.05, 0) is 49.6 Å². The Morgan fingerprint density at radius 3 is 2.55 bits per heavy atom. The Bertz CT molecular complexity index is 1070. The molecule has 0 radical (unpaired) electrons. The number of fused-ring (bicyclic) bond motifs is 1. The van der Waals surface area contributed by atoms with E-state index in [2.05, 4.69) is 36.9 Å². The molecule has 0 bridgehead atoms. The molecule has 0 saturated carbocycles. The molecule has 2 aromatic carbocycles. The van der Waals surface area contributed by atoms with Crippen LogP contribution in [-0.2, 0) is 11.3 Å². The highest BCUT2D eigenvalue weighted by Gasteiger charge is 2.22. The van der Waals surface area contributed by atoms with Crippen LogP contribution < -0.4 is 10.7 Å². The molecular formula is C23H27N3O3. The smallest absolute Gasteiger partial charge is 0.408 e. The number of benzene rings is 2. The summed E-state index contributed by atoms with van der Waals surface area (Å²) in [4.78, 5) is 29.0. The average molecular weight is 393 g/mol. The lowest BCUT2D eigenvalue weighted by Gasteiger charge is -2.37. The van der Waals surface area contributed by atoms with Crippen LogP contribution in [0.3, 0.4) is 0 Å². The van der Waals surface area contributed by atoms with Crippen molar-refractivity contribution in [2.24, 2.45) is 0 Å². The van der Waals surface area contributed by atoms with Crippen LogP contribution in [0.15, 0.2) is 51.7 Å². The summed E-state index contributed by atoms with van der Waals surface area (Å²) < 4.78 is 6.86. The van der Waals surface area contributed by atoms with Crippen molar-refractivity contribution < 1.29 is 9.21 Å². The van der Waals surface area contributed by atoms with Crippen molar-refractivity contribution in [3.8, 4) is 0 Å². The number of hydrogen-bond donors (Lipinski definition) is 0. The summed E-state index contributed by atoms with van der Waals surface area (Å²) in [5, 5.41) is 0. The van der Waals surface area contributed by atoms with Gasteiger partial charge in [-0.3, -0.25) is 9.36 Å². The van der Waals surface area contributed by atoms with Crippen molar-refractivity contribution in [3.05, 3.63) is 64.1 Å². The van der Waals surface area contributed by atoms with Gasteiger partial charge in [0.1, 0.15) is 0 Å². The van der Waals surface area contributed by atoms with Gasteiger partial charge in [0.2, 0.25) is 5.91 Å². The Labute approximate surface area is 170 Å². The predicted molar refractivity (Wildman–Crippen MR) is 114 cm³/mol. The lowest BCUT2D eigenvalue weighted by molar-refractivity contribution is -0.131. The van der Waals surface area contributed by atoms with Crippen molar-refractivity contribution in [1.29, 1.82) is 0 Å². The number of amides is 1. The summed E-state index contributed by atoms with van der Waals surface area (Å²) in [5.41, 5.74) is 5.25. The van der Waals surface area contributed by atoms with Crippen LogP contribution in [0.25, 0.3) is 11.1 Å². The van der Waals surface area contributed by atoms with Gasteiger partial charge in [-0.15, -0.1) is 0 Å². The number of nitrogens with zero attached hydrogens (tertiary/aromatic N) is 3. The van der Waals surface area contributed by atoms with Crippen molar-refractivity contribution in [3.63, 3.8) is 0 Å². The summed E-state index contributed by atoms with van der Waals surface area (Å²) in [6.07, 6.45) is 1.06. The SMILES string of the molecule is Cc1cccc(N2CCN(C(=O)CCCn3c(=O)oc4ccccc43)CC2)c1C. The molecule has 1 fully saturated rings. The third kappa shape index (κ3) is 3.92. The van der Waals surface area contributed by atoms with Gasteiger partial charge in [0.25, 0.3) is 0 Å². The summed E-state index contributed by atoms with van der Waals surface area (Å²) >= 11 is 0. The monoisotopic (exact) mass is 393 g/mol. The molecule has 152 valence electrons. The fourth-order valence-electron chi connectivity index (χ4n) is 4.05. The van der Waals surface area contributed by atoms with Crippen molar-refractivity contribution in [1.82, 2.24) is 9.47 Å². The summed E-state index contributed by atoms with van der Waals surface area (Å²) in [6, 6.07) is 13.8. The fourth-order valence-corrected chi connectivity index (χ4v) is 4.05. The normalized spacial score (nSPS) is 14.6. The largest absolute Gasteiger partial charge is 0.419 e. The van der Waals surface area contributed by atoms with Crippen LogP contribution in [0.5, 0.6) is 0 Å². The number of carbonyl (C=O) groups is 1. The first-order chi connectivity index (χ1) is 14.0. The zero-order valence-corrected chi connectivity index (χ0v) is 17.1. The quantitative estimate of drug-likeness (QED) is 0.667. The number of anilines is 1. The molecule has 1 amide bonds. The first-order valence-corrected chi connectivity index (χ1v) is 10.2. The van der Waals surface area contributed by atoms with Gasteiger partial charge in [0.05, 0.1) is 5.52 Å². The summed E-state index contributed by atoms with van der Waals surface area (Å²) in [6.45, 7) is 7.95. The molecule has 6 nitrogen and oxygen atoms in total. The first kappa shape index (κ1) is 19.3. The molecule has 1 aliphatic rings. The summed E-state index contributed by atoms with van der Waals surface area (Å²) in [5.74, 6) is -0.202. The lowest BCUT2D eigenvalue weighted by atomic mass is 10.1. The number of oxazole rings is 1. The van der Waals surface area contributed by atoms with Crippen molar-refractivity contribution in [2.45, 2.75) is 33.2 Å². The zero-order chi connectivity index (χ0) is 20.4. The van der Waals surface area contributed by atoms with Crippen LogP contribution in [0, 0.1) is 13.8 Å². The Morgan fingerprint density at radius 2 is 1.76 bits per heavy atom. The third-order valence-corrected chi connectivity index (χ3v) is 5.90. The number of carbonyl (C=O) groups excluding carboxylic acids is 1. The number of piperazine rings is 1. The van der Waals surface area contributed by atoms with E-state index in [-0.39, 0.29) is 11.7 Å².